The predicted octanol–water partition coefficient (Wildman–Crippen LogP) is 3.12. The molecule has 1 amide bonds. The van der Waals surface area contributed by atoms with Gasteiger partial charge in [-0.25, -0.2) is 9.37 Å². The van der Waals surface area contributed by atoms with Gasteiger partial charge in [-0.3, -0.25) is 9.36 Å². The first kappa shape index (κ1) is 15.6. The van der Waals surface area contributed by atoms with Gasteiger partial charge < -0.3 is 5.32 Å². The maximum Gasteiger partial charge on any atom is 0.269 e. The van der Waals surface area contributed by atoms with Gasteiger partial charge in [-0.05, 0) is 36.4 Å². The molecule has 0 saturated heterocycles. The van der Waals surface area contributed by atoms with Crippen LogP contribution in [0.2, 0.25) is 0 Å². The van der Waals surface area contributed by atoms with Crippen molar-refractivity contribution in [2.75, 3.05) is 12.8 Å². The lowest BCUT2D eigenvalue weighted by atomic mass is 10.2. The van der Waals surface area contributed by atoms with Gasteiger partial charge in [0.1, 0.15) is 11.5 Å². The van der Waals surface area contributed by atoms with Crippen molar-refractivity contribution in [2.45, 2.75) is 19.0 Å². The highest BCUT2D eigenvalue weighted by atomic mass is 32.2. The van der Waals surface area contributed by atoms with Gasteiger partial charge in [0.15, 0.2) is 5.16 Å². The molecule has 0 bridgehead atoms. The van der Waals surface area contributed by atoms with Gasteiger partial charge in [-0.1, -0.05) is 25.6 Å². The largest absolute Gasteiger partial charge is 0.350 e. The SMILES string of the molecule is CSc1ncc(C(=O)NCC(C)C)n1-c1ccc(F)cc1. The van der Waals surface area contributed by atoms with Crippen LogP contribution in [0.5, 0.6) is 0 Å². The lowest BCUT2D eigenvalue weighted by molar-refractivity contribution is 0.0941. The Labute approximate surface area is 127 Å². The Bertz CT molecular complexity index is 622. The Morgan fingerprint density at radius 1 is 1.38 bits per heavy atom. The van der Waals surface area contributed by atoms with Crippen molar-refractivity contribution < 1.29 is 9.18 Å². The number of aromatic nitrogens is 2. The minimum atomic E-state index is -0.310. The molecule has 2 rings (SSSR count). The monoisotopic (exact) mass is 307 g/mol. The van der Waals surface area contributed by atoms with Crippen molar-refractivity contribution in [2.24, 2.45) is 5.92 Å². The number of halogens is 1. The molecule has 2 aromatic rings. The summed E-state index contributed by atoms with van der Waals surface area (Å²) in [5.41, 5.74) is 1.17. The van der Waals surface area contributed by atoms with Crippen LogP contribution in [0.1, 0.15) is 24.3 Å². The quantitative estimate of drug-likeness (QED) is 0.863. The zero-order valence-electron chi connectivity index (χ0n) is 12.3. The maximum absolute atomic E-state index is 13.1. The molecule has 1 heterocycles. The number of thioether (sulfide) groups is 1. The normalized spacial score (nSPS) is 10.9. The highest BCUT2D eigenvalue weighted by Crippen LogP contribution is 2.22. The molecule has 0 aliphatic rings. The fourth-order valence-electron chi connectivity index (χ4n) is 1.87. The number of nitrogens with one attached hydrogen (secondary N) is 1. The molecule has 0 unspecified atom stereocenters. The molecule has 0 fully saturated rings. The van der Waals surface area contributed by atoms with Crippen LogP contribution in [0, 0.1) is 11.7 Å². The van der Waals surface area contributed by atoms with Crippen molar-refractivity contribution in [3.8, 4) is 5.69 Å². The first-order valence-electron chi connectivity index (χ1n) is 6.68. The van der Waals surface area contributed by atoms with Crippen molar-refractivity contribution in [1.29, 1.82) is 0 Å². The summed E-state index contributed by atoms with van der Waals surface area (Å²) in [5, 5.41) is 3.57. The lowest BCUT2D eigenvalue weighted by Gasteiger charge is -2.12. The Balaban J connectivity index is 2.37. The van der Waals surface area contributed by atoms with Gasteiger partial charge in [-0.2, -0.15) is 0 Å². The molecule has 21 heavy (non-hydrogen) atoms. The second-order valence-corrected chi connectivity index (χ2v) is 5.82. The Kier molecular flexibility index (Phi) is 5.01. The number of benzene rings is 1. The van der Waals surface area contributed by atoms with Crippen molar-refractivity contribution in [3.05, 3.63) is 42.0 Å². The van der Waals surface area contributed by atoms with Crippen LogP contribution >= 0.6 is 11.8 Å². The molecule has 0 radical (unpaired) electrons. The molecule has 6 heteroatoms. The number of imidazole rings is 1. The van der Waals surface area contributed by atoms with E-state index in [1.807, 2.05) is 20.1 Å². The molecule has 1 aromatic heterocycles. The average Bonchev–Trinajstić information content (AvgIpc) is 2.89. The molecule has 0 aliphatic heterocycles. The summed E-state index contributed by atoms with van der Waals surface area (Å²) >= 11 is 1.44. The summed E-state index contributed by atoms with van der Waals surface area (Å²) < 4.78 is 14.8. The fourth-order valence-corrected chi connectivity index (χ4v) is 2.41. The lowest BCUT2D eigenvalue weighted by Crippen LogP contribution is -2.29. The number of hydrogen-bond acceptors (Lipinski definition) is 3. The molecule has 1 aromatic carbocycles. The van der Waals surface area contributed by atoms with Gasteiger partial charge >= 0.3 is 0 Å². The number of rotatable bonds is 5. The maximum atomic E-state index is 13.1. The Morgan fingerprint density at radius 2 is 2.05 bits per heavy atom. The summed E-state index contributed by atoms with van der Waals surface area (Å²) in [6.07, 6.45) is 3.43. The number of carbonyl (C=O) groups is 1. The molecule has 0 atom stereocenters. The van der Waals surface area contributed by atoms with E-state index in [0.29, 0.717) is 29.0 Å². The average molecular weight is 307 g/mol. The van der Waals surface area contributed by atoms with E-state index in [1.54, 1.807) is 22.9 Å². The van der Waals surface area contributed by atoms with Gasteiger partial charge in [-0.15, -0.1) is 0 Å². The molecule has 112 valence electrons. The van der Waals surface area contributed by atoms with Crippen LogP contribution in [-0.4, -0.2) is 28.3 Å². The van der Waals surface area contributed by atoms with E-state index in [1.165, 1.54) is 23.9 Å². The third-order valence-electron chi connectivity index (χ3n) is 2.90. The third kappa shape index (κ3) is 3.64. The van der Waals surface area contributed by atoms with E-state index >= 15 is 0 Å². The molecule has 4 nitrogen and oxygen atoms in total. The Morgan fingerprint density at radius 3 is 2.62 bits per heavy atom. The summed E-state index contributed by atoms with van der Waals surface area (Å²) in [6.45, 7) is 4.66. The summed E-state index contributed by atoms with van der Waals surface area (Å²) in [5.74, 6) is -0.118. The highest BCUT2D eigenvalue weighted by molar-refractivity contribution is 7.98. The first-order chi connectivity index (χ1) is 10.0. The van der Waals surface area contributed by atoms with E-state index in [4.69, 9.17) is 0 Å². The zero-order chi connectivity index (χ0) is 15.4. The van der Waals surface area contributed by atoms with Crippen molar-refractivity contribution >= 4 is 17.7 Å². The topological polar surface area (TPSA) is 46.9 Å². The van der Waals surface area contributed by atoms with E-state index in [2.05, 4.69) is 10.3 Å². The second-order valence-electron chi connectivity index (χ2n) is 5.05. The number of nitrogens with zero attached hydrogens (tertiary/aromatic N) is 2. The van der Waals surface area contributed by atoms with Crippen LogP contribution in [0.4, 0.5) is 4.39 Å². The third-order valence-corrected chi connectivity index (χ3v) is 3.55. The van der Waals surface area contributed by atoms with Gasteiger partial charge in [0.05, 0.1) is 6.20 Å². The smallest absolute Gasteiger partial charge is 0.269 e. The minimum Gasteiger partial charge on any atom is -0.350 e. The molecule has 1 N–H and O–H groups in total. The van der Waals surface area contributed by atoms with E-state index in [9.17, 15) is 9.18 Å². The van der Waals surface area contributed by atoms with Crippen LogP contribution < -0.4 is 5.32 Å². The standard InChI is InChI=1S/C15H18FN3OS/c1-10(2)8-17-14(20)13-9-18-15(21-3)19(13)12-6-4-11(16)5-7-12/h4-7,9-10H,8H2,1-3H3,(H,17,20). The number of amides is 1. The molecular weight excluding hydrogens is 289 g/mol. The summed E-state index contributed by atoms with van der Waals surface area (Å²) in [4.78, 5) is 16.5. The van der Waals surface area contributed by atoms with Crippen molar-refractivity contribution in [3.63, 3.8) is 0 Å². The minimum absolute atomic E-state index is 0.180. The van der Waals surface area contributed by atoms with Crippen molar-refractivity contribution in [1.82, 2.24) is 14.9 Å². The van der Waals surface area contributed by atoms with E-state index < -0.39 is 0 Å². The predicted molar refractivity (Wildman–Crippen MR) is 82.5 cm³/mol. The van der Waals surface area contributed by atoms with Crippen LogP contribution in [0.3, 0.4) is 0 Å². The number of hydrogen-bond donors (Lipinski definition) is 1. The number of carbonyl (C=O) groups excluding carboxylic acids is 1. The summed E-state index contributed by atoms with van der Waals surface area (Å²) in [6, 6.07) is 6.01. The summed E-state index contributed by atoms with van der Waals surface area (Å²) in [7, 11) is 0. The van der Waals surface area contributed by atoms with E-state index in [-0.39, 0.29) is 11.7 Å². The Hall–Kier alpha value is -1.82. The van der Waals surface area contributed by atoms with Gasteiger partial charge in [0, 0.05) is 12.2 Å². The molecule has 0 spiro atoms. The molecular formula is C15H18FN3OS. The molecule has 0 saturated carbocycles. The van der Waals surface area contributed by atoms with Gasteiger partial charge in [0.25, 0.3) is 5.91 Å². The van der Waals surface area contributed by atoms with Crippen LogP contribution in [0.15, 0.2) is 35.6 Å². The molecule has 0 aliphatic carbocycles. The van der Waals surface area contributed by atoms with Crippen LogP contribution in [0.25, 0.3) is 5.69 Å². The van der Waals surface area contributed by atoms with Crippen LogP contribution in [-0.2, 0) is 0 Å². The zero-order valence-corrected chi connectivity index (χ0v) is 13.1. The second kappa shape index (κ2) is 6.76. The first-order valence-corrected chi connectivity index (χ1v) is 7.91. The highest BCUT2D eigenvalue weighted by Gasteiger charge is 2.17. The van der Waals surface area contributed by atoms with E-state index in [0.717, 1.165) is 0 Å². The fraction of sp³-hybridized carbons (Fsp3) is 0.333. The van der Waals surface area contributed by atoms with Gasteiger partial charge in [0.2, 0.25) is 0 Å².